The highest BCUT2D eigenvalue weighted by molar-refractivity contribution is 5.85. The molecule has 11 heavy (non-hydrogen) atoms. The maximum absolute atomic E-state index is 5.14. The van der Waals surface area contributed by atoms with E-state index in [0.29, 0.717) is 5.92 Å². The Kier molecular flexibility index (Phi) is 4.92. The van der Waals surface area contributed by atoms with Gasteiger partial charge in [-0.3, -0.25) is 0 Å². The van der Waals surface area contributed by atoms with Crippen LogP contribution in [0.4, 0.5) is 0 Å². The second-order valence-corrected chi connectivity index (χ2v) is 3.25. The van der Waals surface area contributed by atoms with E-state index in [2.05, 4.69) is 25.9 Å². The van der Waals surface area contributed by atoms with E-state index in [-0.39, 0.29) is 6.10 Å². The number of hydrogen-bond acceptors (Lipinski definition) is 2. The Morgan fingerprint density at radius 1 is 1.27 bits per heavy atom. The van der Waals surface area contributed by atoms with Crippen LogP contribution in [0.1, 0.15) is 41.0 Å². The maximum atomic E-state index is 5.14. The number of nitrogens with zero attached hydrogens (tertiary/aromatic N) is 1. The summed E-state index contributed by atoms with van der Waals surface area (Å²) < 4.78 is 0. The molecule has 0 unspecified atom stereocenters. The molecule has 0 saturated carbocycles. The lowest BCUT2D eigenvalue weighted by Gasteiger charge is -2.08. The van der Waals surface area contributed by atoms with Crippen molar-refractivity contribution < 1.29 is 4.84 Å². The molecule has 0 saturated heterocycles. The van der Waals surface area contributed by atoms with Crippen molar-refractivity contribution in [1.82, 2.24) is 0 Å². The van der Waals surface area contributed by atoms with Crippen molar-refractivity contribution in [3.05, 3.63) is 0 Å². The smallest absolute Gasteiger partial charge is 0.122 e. The molecule has 0 amide bonds. The predicted molar refractivity (Wildman–Crippen MR) is 48.8 cm³/mol. The molecule has 0 rings (SSSR count). The summed E-state index contributed by atoms with van der Waals surface area (Å²) in [5.41, 5.74) is 1.14. The van der Waals surface area contributed by atoms with Crippen LogP contribution in [0, 0.1) is 5.92 Å². The summed E-state index contributed by atoms with van der Waals surface area (Å²) in [6, 6.07) is 0. The molecule has 0 aromatic rings. The van der Waals surface area contributed by atoms with Gasteiger partial charge in [0.05, 0.1) is 5.71 Å². The molecule has 0 heterocycles. The molecule has 0 atom stereocenters. The van der Waals surface area contributed by atoms with Gasteiger partial charge in [0.1, 0.15) is 6.10 Å². The Bertz CT molecular complexity index is 128. The molecule has 2 heteroatoms. The third-order valence-electron chi connectivity index (χ3n) is 1.41. The van der Waals surface area contributed by atoms with Crippen LogP contribution in [0.25, 0.3) is 0 Å². The summed E-state index contributed by atoms with van der Waals surface area (Å²) in [4.78, 5) is 5.14. The Labute approximate surface area is 69.6 Å². The van der Waals surface area contributed by atoms with Gasteiger partial charge in [-0.2, -0.15) is 0 Å². The molecule has 66 valence electrons. The van der Waals surface area contributed by atoms with Gasteiger partial charge in [-0.1, -0.05) is 25.9 Å². The molecule has 2 nitrogen and oxygen atoms in total. The third kappa shape index (κ3) is 4.82. The van der Waals surface area contributed by atoms with Crippen molar-refractivity contribution >= 4 is 5.71 Å². The lowest BCUT2D eigenvalue weighted by atomic mass is 10.1. The average molecular weight is 157 g/mol. The number of rotatable bonds is 4. The van der Waals surface area contributed by atoms with Crippen molar-refractivity contribution in [3.8, 4) is 0 Å². The summed E-state index contributed by atoms with van der Waals surface area (Å²) in [7, 11) is 0. The fraction of sp³-hybridized carbons (Fsp3) is 0.889. The zero-order chi connectivity index (χ0) is 8.85. The molecule has 0 fully saturated rings. The van der Waals surface area contributed by atoms with E-state index >= 15 is 0 Å². The molecular formula is C9H19NO. The third-order valence-corrected chi connectivity index (χ3v) is 1.41. The number of hydrogen-bond donors (Lipinski definition) is 0. The van der Waals surface area contributed by atoms with Crippen molar-refractivity contribution in [1.29, 1.82) is 0 Å². The van der Waals surface area contributed by atoms with Crippen molar-refractivity contribution in [2.45, 2.75) is 47.1 Å². The van der Waals surface area contributed by atoms with Crippen LogP contribution >= 0.6 is 0 Å². The van der Waals surface area contributed by atoms with E-state index in [4.69, 9.17) is 4.84 Å². The van der Waals surface area contributed by atoms with Gasteiger partial charge >= 0.3 is 0 Å². The van der Waals surface area contributed by atoms with Crippen molar-refractivity contribution in [2.75, 3.05) is 0 Å². The number of oxime groups is 1. The van der Waals surface area contributed by atoms with Gasteiger partial charge in [-0.25, -0.2) is 0 Å². The average Bonchev–Trinajstić information content (AvgIpc) is 1.87. The maximum Gasteiger partial charge on any atom is 0.122 e. The predicted octanol–water partition coefficient (Wildman–Crippen LogP) is 2.83. The first kappa shape index (κ1) is 10.5. The molecule has 0 radical (unpaired) electrons. The van der Waals surface area contributed by atoms with E-state index in [9.17, 15) is 0 Å². The van der Waals surface area contributed by atoms with Crippen molar-refractivity contribution in [2.24, 2.45) is 11.1 Å². The van der Waals surface area contributed by atoms with Gasteiger partial charge in [0.2, 0.25) is 0 Å². The molecule has 0 aliphatic heterocycles. The minimum atomic E-state index is 0.190. The molecule has 0 N–H and O–H groups in total. The summed E-state index contributed by atoms with van der Waals surface area (Å²) in [5, 5.41) is 4.06. The minimum Gasteiger partial charge on any atom is -0.393 e. The zero-order valence-corrected chi connectivity index (χ0v) is 8.22. The summed E-state index contributed by atoms with van der Waals surface area (Å²) in [6.45, 7) is 10.3. The lowest BCUT2D eigenvalue weighted by Crippen LogP contribution is -2.08. The summed E-state index contributed by atoms with van der Waals surface area (Å²) >= 11 is 0. The molecule has 0 aromatic heterocycles. The highest BCUT2D eigenvalue weighted by Crippen LogP contribution is 2.02. The van der Waals surface area contributed by atoms with E-state index in [1.807, 2.05) is 13.8 Å². The Balaban J connectivity index is 3.91. The first-order chi connectivity index (χ1) is 5.07. The monoisotopic (exact) mass is 157 g/mol. The second kappa shape index (κ2) is 5.16. The van der Waals surface area contributed by atoms with Gasteiger partial charge in [-0.05, 0) is 26.2 Å². The van der Waals surface area contributed by atoms with E-state index in [1.165, 1.54) is 0 Å². The highest BCUT2D eigenvalue weighted by atomic mass is 16.6. The second-order valence-electron chi connectivity index (χ2n) is 3.25. The first-order valence-corrected chi connectivity index (χ1v) is 4.30. The Hall–Kier alpha value is -0.530. The molecular weight excluding hydrogens is 138 g/mol. The zero-order valence-electron chi connectivity index (χ0n) is 8.22. The topological polar surface area (TPSA) is 21.6 Å². The van der Waals surface area contributed by atoms with Gasteiger partial charge in [-0.15, -0.1) is 0 Å². The minimum absolute atomic E-state index is 0.190. The highest BCUT2D eigenvalue weighted by Gasteiger charge is 2.02. The van der Waals surface area contributed by atoms with Gasteiger partial charge in [0.15, 0.2) is 0 Å². The first-order valence-electron chi connectivity index (χ1n) is 4.30. The van der Waals surface area contributed by atoms with Crippen LogP contribution in [0.5, 0.6) is 0 Å². The van der Waals surface area contributed by atoms with Crippen LogP contribution in [-0.4, -0.2) is 11.8 Å². The normalized spacial score (nSPS) is 12.8. The molecule has 0 spiro atoms. The van der Waals surface area contributed by atoms with Crippen molar-refractivity contribution in [3.63, 3.8) is 0 Å². The molecule has 0 aliphatic rings. The van der Waals surface area contributed by atoms with Crippen LogP contribution < -0.4 is 0 Å². The van der Waals surface area contributed by atoms with E-state index in [1.54, 1.807) is 0 Å². The van der Waals surface area contributed by atoms with E-state index in [0.717, 1.165) is 12.1 Å². The van der Waals surface area contributed by atoms with Crippen LogP contribution in [0.15, 0.2) is 5.16 Å². The van der Waals surface area contributed by atoms with E-state index < -0.39 is 0 Å². The molecule has 0 bridgehead atoms. The van der Waals surface area contributed by atoms with Gasteiger partial charge in [0.25, 0.3) is 0 Å². The molecule has 0 aliphatic carbocycles. The SMILES string of the molecule is CC/C(=N\OC(C)C)C(C)C. The fourth-order valence-corrected chi connectivity index (χ4v) is 0.751. The van der Waals surface area contributed by atoms with Crippen LogP contribution in [0.2, 0.25) is 0 Å². The quantitative estimate of drug-likeness (QED) is 0.454. The Morgan fingerprint density at radius 2 is 1.82 bits per heavy atom. The standard InChI is InChI=1S/C9H19NO/c1-6-9(7(2)3)10-11-8(4)5/h7-8H,6H2,1-5H3/b10-9+. The summed E-state index contributed by atoms with van der Waals surface area (Å²) in [5.74, 6) is 0.499. The molecule has 0 aromatic carbocycles. The van der Waals surface area contributed by atoms with Gasteiger partial charge in [0, 0.05) is 0 Å². The lowest BCUT2D eigenvalue weighted by molar-refractivity contribution is 0.0844. The van der Waals surface area contributed by atoms with Crippen LogP contribution in [0.3, 0.4) is 0 Å². The fourth-order valence-electron chi connectivity index (χ4n) is 0.751. The van der Waals surface area contributed by atoms with Gasteiger partial charge < -0.3 is 4.84 Å². The largest absolute Gasteiger partial charge is 0.393 e. The van der Waals surface area contributed by atoms with Crippen LogP contribution in [-0.2, 0) is 4.84 Å². The Morgan fingerprint density at radius 3 is 2.09 bits per heavy atom. The summed E-state index contributed by atoms with van der Waals surface area (Å²) in [6.07, 6.45) is 1.17.